The average Bonchev–Trinajstić information content (AvgIpc) is 2.40. The Morgan fingerprint density at radius 2 is 2.05 bits per heavy atom. The standard InChI is InChI=1S/C14H17F4NO/c1-20-11-6-2-4-9(13(11)15)8-10-5-3-7-12(19-10)14(16,17)18/h2,4,6,10,12,19H,3,5,7-8H2,1H3. The molecule has 2 nitrogen and oxygen atoms in total. The van der Waals surface area contributed by atoms with E-state index in [1.54, 1.807) is 12.1 Å². The van der Waals surface area contributed by atoms with Crippen LogP contribution in [0.5, 0.6) is 5.75 Å². The van der Waals surface area contributed by atoms with Gasteiger partial charge in [0.15, 0.2) is 11.6 Å². The van der Waals surface area contributed by atoms with Crippen molar-refractivity contribution in [3.8, 4) is 5.75 Å². The van der Waals surface area contributed by atoms with Crippen LogP contribution in [0.3, 0.4) is 0 Å². The monoisotopic (exact) mass is 291 g/mol. The zero-order chi connectivity index (χ0) is 14.8. The van der Waals surface area contributed by atoms with Gasteiger partial charge in [-0.05, 0) is 37.3 Å². The van der Waals surface area contributed by atoms with Crippen molar-refractivity contribution in [3.05, 3.63) is 29.6 Å². The molecule has 0 aromatic heterocycles. The first kappa shape index (κ1) is 15.1. The van der Waals surface area contributed by atoms with Gasteiger partial charge in [-0.15, -0.1) is 0 Å². The lowest BCUT2D eigenvalue weighted by atomic mass is 9.93. The molecule has 0 bridgehead atoms. The van der Waals surface area contributed by atoms with Crippen molar-refractivity contribution in [1.82, 2.24) is 5.32 Å². The molecule has 1 aromatic rings. The van der Waals surface area contributed by atoms with Crippen LogP contribution in [0, 0.1) is 5.82 Å². The summed E-state index contributed by atoms with van der Waals surface area (Å²) in [5.41, 5.74) is 0.379. The molecular formula is C14H17F4NO. The highest BCUT2D eigenvalue weighted by molar-refractivity contribution is 5.31. The highest BCUT2D eigenvalue weighted by Crippen LogP contribution is 2.29. The molecule has 0 amide bonds. The number of ether oxygens (including phenoxy) is 1. The molecule has 0 spiro atoms. The number of hydrogen-bond donors (Lipinski definition) is 1. The SMILES string of the molecule is COc1cccc(CC2CCCC(C(F)(F)F)N2)c1F. The summed E-state index contributed by atoms with van der Waals surface area (Å²) in [5, 5.41) is 2.57. The highest BCUT2D eigenvalue weighted by Gasteiger charge is 2.42. The molecule has 1 saturated heterocycles. The maximum atomic E-state index is 14.0. The Labute approximate surface area is 115 Å². The van der Waals surface area contributed by atoms with Gasteiger partial charge >= 0.3 is 6.18 Å². The second-order valence-corrected chi connectivity index (χ2v) is 5.03. The lowest BCUT2D eigenvalue weighted by Gasteiger charge is -2.32. The molecule has 1 heterocycles. The maximum absolute atomic E-state index is 14.0. The quantitative estimate of drug-likeness (QED) is 0.861. The summed E-state index contributed by atoms with van der Waals surface area (Å²) >= 11 is 0. The summed E-state index contributed by atoms with van der Waals surface area (Å²) in [5.74, 6) is -0.378. The van der Waals surface area contributed by atoms with Gasteiger partial charge < -0.3 is 10.1 Å². The highest BCUT2D eigenvalue weighted by atomic mass is 19.4. The molecule has 0 aliphatic carbocycles. The lowest BCUT2D eigenvalue weighted by molar-refractivity contribution is -0.163. The summed E-state index contributed by atoms with van der Waals surface area (Å²) in [6, 6.07) is 2.86. The number of rotatable bonds is 3. The van der Waals surface area contributed by atoms with E-state index < -0.39 is 18.0 Å². The molecule has 112 valence electrons. The smallest absolute Gasteiger partial charge is 0.403 e. The van der Waals surface area contributed by atoms with Crippen LogP contribution in [0.1, 0.15) is 24.8 Å². The van der Waals surface area contributed by atoms with E-state index in [4.69, 9.17) is 4.74 Å². The average molecular weight is 291 g/mol. The van der Waals surface area contributed by atoms with Crippen LogP contribution in [0.25, 0.3) is 0 Å². The van der Waals surface area contributed by atoms with Crippen LogP contribution >= 0.6 is 0 Å². The Morgan fingerprint density at radius 1 is 1.30 bits per heavy atom. The maximum Gasteiger partial charge on any atom is 0.403 e. The van der Waals surface area contributed by atoms with Crippen molar-refractivity contribution in [2.24, 2.45) is 0 Å². The predicted octanol–water partition coefficient (Wildman–Crippen LogP) is 3.45. The fourth-order valence-electron chi connectivity index (χ4n) is 2.58. The summed E-state index contributed by atoms with van der Waals surface area (Å²) < 4.78 is 56.9. The topological polar surface area (TPSA) is 21.3 Å². The van der Waals surface area contributed by atoms with Gasteiger partial charge in [0, 0.05) is 6.04 Å². The molecule has 2 rings (SSSR count). The zero-order valence-electron chi connectivity index (χ0n) is 11.1. The molecule has 0 radical (unpaired) electrons. The van der Waals surface area contributed by atoms with E-state index in [0.29, 0.717) is 18.4 Å². The summed E-state index contributed by atoms with van der Waals surface area (Å²) in [6.07, 6.45) is -2.82. The third kappa shape index (κ3) is 3.42. The van der Waals surface area contributed by atoms with Crippen molar-refractivity contribution in [2.75, 3.05) is 7.11 Å². The van der Waals surface area contributed by atoms with Crippen molar-refractivity contribution in [3.63, 3.8) is 0 Å². The Kier molecular flexibility index (Phi) is 4.52. The van der Waals surface area contributed by atoms with Crippen LogP contribution in [0.4, 0.5) is 17.6 Å². The largest absolute Gasteiger partial charge is 0.494 e. The number of benzene rings is 1. The number of methoxy groups -OCH3 is 1. The van der Waals surface area contributed by atoms with Crippen molar-refractivity contribution in [2.45, 2.75) is 43.9 Å². The second-order valence-electron chi connectivity index (χ2n) is 5.03. The van der Waals surface area contributed by atoms with Crippen LogP contribution in [-0.2, 0) is 6.42 Å². The van der Waals surface area contributed by atoms with Crippen LogP contribution in [-0.4, -0.2) is 25.4 Å². The minimum Gasteiger partial charge on any atom is -0.494 e. The van der Waals surface area contributed by atoms with Crippen molar-refractivity contribution >= 4 is 0 Å². The first-order valence-corrected chi connectivity index (χ1v) is 6.56. The summed E-state index contributed by atoms with van der Waals surface area (Å²) in [4.78, 5) is 0. The third-order valence-corrected chi connectivity index (χ3v) is 3.61. The van der Waals surface area contributed by atoms with E-state index in [2.05, 4.69) is 5.32 Å². The van der Waals surface area contributed by atoms with Gasteiger partial charge in [0.25, 0.3) is 0 Å². The van der Waals surface area contributed by atoms with Gasteiger partial charge in [-0.3, -0.25) is 0 Å². The van der Waals surface area contributed by atoms with E-state index in [9.17, 15) is 17.6 Å². The van der Waals surface area contributed by atoms with Crippen LogP contribution in [0.2, 0.25) is 0 Å². The number of alkyl halides is 3. The second kappa shape index (κ2) is 5.99. The molecule has 20 heavy (non-hydrogen) atoms. The van der Waals surface area contributed by atoms with Crippen molar-refractivity contribution in [1.29, 1.82) is 0 Å². The molecule has 1 aromatic carbocycles. The Balaban J connectivity index is 2.07. The minimum absolute atomic E-state index is 0.0839. The molecule has 6 heteroatoms. The molecular weight excluding hydrogens is 274 g/mol. The van der Waals surface area contributed by atoms with Gasteiger partial charge in [-0.1, -0.05) is 12.1 Å². The zero-order valence-corrected chi connectivity index (χ0v) is 11.1. The van der Waals surface area contributed by atoms with Gasteiger partial charge in [-0.2, -0.15) is 13.2 Å². The normalized spacial score (nSPS) is 23.6. The van der Waals surface area contributed by atoms with Gasteiger partial charge in [0.2, 0.25) is 0 Å². The number of nitrogens with one attached hydrogen (secondary N) is 1. The van der Waals surface area contributed by atoms with E-state index in [1.807, 2.05) is 0 Å². The molecule has 1 N–H and O–H groups in total. The minimum atomic E-state index is -4.24. The Hall–Kier alpha value is -1.30. The number of piperidine rings is 1. The van der Waals surface area contributed by atoms with Gasteiger partial charge in [0.1, 0.15) is 6.04 Å². The Morgan fingerprint density at radius 3 is 2.70 bits per heavy atom. The molecule has 1 aliphatic heterocycles. The molecule has 2 unspecified atom stereocenters. The number of hydrogen-bond acceptors (Lipinski definition) is 2. The first-order chi connectivity index (χ1) is 9.41. The molecule has 0 saturated carbocycles. The first-order valence-electron chi connectivity index (χ1n) is 6.56. The van der Waals surface area contributed by atoms with Crippen LogP contribution < -0.4 is 10.1 Å². The van der Waals surface area contributed by atoms with E-state index in [-0.39, 0.29) is 24.6 Å². The Bertz CT molecular complexity index is 461. The summed E-state index contributed by atoms with van der Waals surface area (Å²) in [7, 11) is 1.36. The lowest BCUT2D eigenvalue weighted by Crippen LogP contribution is -2.51. The summed E-state index contributed by atoms with van der Waals surface area (Å²) in [6.45, 7) is 0. The molecule has 1 aliphatic rings. The fourth-order valence-corrected chi connectivity index (χ4v) is 2.58. The van der Waals surface area contributed by atoms with E-state index in [0.717, 1.165) is 0 Å². The molecule has 2 atom stereocenters. The fraction of sp³-hybridized carbons (Fsp3) is 0.571. The number of halogens is 4. The van der Waals surface area contributed by atoms with Crippen molar-refractivity contribution < 1.29 is 22.3 Å². The van der Waals surface area contributed by atoms with Crippen LogP contribution in [0.15, 0.2) is 18.2 Å². The van der Waals surface area contributed by atoms with Gasteiger partial charge in [-0.25, -0.2) is 4.39 Å². The third-order valence-electron chi connectivity index (χ3n) is 3.61. The van der Waals surface area contributed by atoms with E-state index in [1.165, 1.54) is 13.2 Å². The van der Waals surface area contributed by atoms with E-state index >= 15 is 0 Å². The predicted molar refractivity (Wildman–Crippen MR) is 67.3 cm³/mol. The molecule has 1 fully saturated rings. The van der Waals surface area contributed by atoms with Gasteiger partial charge in [0.05, 0.1) is 7.11 Å².